The monoisotopic (exact) mass is 260 g/mol. The summed E-state index contributed by atoms with van der Waals surface area (Å²) < 4.78 is 0. The van der Waals surface area contributed by atoms with E-state index in [-0.39, 0.29) is 6.04 Å². The van der Waals surface area contributed by atoms with E-state index in [1.54, 1.807) is 6.20 Å². The average molecular weight is 261 g/mol. The largest absolute Gasteiger partial charge is 0.377 e. The van der Waals surface area contributed by atoms with Gasteiger partial charge in [0, 0.05) is 11.2 Å². The molecule has 2 aromatic rings. The normalized spacial score (nSPS) is 12.2. The van der Waals surface area contributed by atoms with Crippen LogP contribution in [0.25, 0.3) is 0 Å². The lowest BCUT2D eigenvalue weighted by molar-refractivity contribution is 0.747. The molecule has 1 unspecified atom stereocenters. The van der Waals surface area contributed by atoms with E-state index in [0.29, 0.717) is 0 Å². The summed E-state index contributed by atoms with van der Waals surface area (Å²) in [5.74, 6) is 0. The molecule has 0 aliphatic rings. The zero-order valence-electron chi connectivity index (χ0n) is 10.7. The molecule has 0 saturated carbocycles. The highest BCUT2D eigenvalue weighted by Gasteiger charge is 2.10. The first-order chi connectivity index (χ1) is 8.70. The number of anilines is 1. The molecule has 0 aliphatic heterocycles. The maximum atomic E-state index is 6.04. The number of nitrogens with zero attached hydrogens (tertiary/aromatic N) is 1. The lowest BCUT2D eigenvalue weighted by Crippen LogP contribution is -2.10. The predicted octanol–water partition coefficient (Wildman–Crippen LogP) is 4.61. The third kappa shape index (κ3) is 3.02. The van der Waals surface area contributed by atoms with E-state index in [9.17, 15) is 0 Å². The maximum Gasteiger partial charge on any atom is 0.0603 e. The van der Waals surface area contributed by atoms with Crippen LogP contribution in [0.2, 0.25) is 5.02 Å². The molecule has 0 saturated heterocycles. The van der Waals surface area contributed by atoms with Crippen LogP contribution < -0.4 is 5.32 Å². The fourth-order valence-electron chi connectivity index (χ4n) is 1.97. The highest BCUT2D eigenvalue weighted by Crippen LogP contribution is 2.25. The molecular weight excluding hydrogens is 244 g/mol. The Hall–Kier alpha value is -1.54. The van der Waals surface area contributed by atoms with E-state index in [0.717, 1.165) is 22.8 Å². The standard InChI is InChI=1S/C15H17ClN2/c1-3-14(12-6-4-7-13(16)10-12)18-15-8-5-9-17-11(15)2/h4-10,14,18H,3H2,1-2H3. The molecule has 2 nitrogen and oxygen atoms in total. The molecule has 0 spiro atoms. The highest BCUT2D eigenvalue weighted by molar-refractivity contribution is 6.30. The van der Waals surface area contributed by atoms with Crippen LogP contribution >= 0.6 is 11.6 Å². The molecule has 0 bridgehead atoms. The Labute approximate surface area is 113 Å². The van der Waals surface area contributed by atoms with Gasteiger partial charge >= 0.3 is 0 Å². The number of pyridine rings is 1. The fraction of sp³-hybridized carbons (Fsp3) is 0.267. The summed E-state index contributed by atoms with van der Waals surface area (Å²) >= 11 is 6.04. The highest BCUT2D eigenvalue weighted by atomic mass is 35.5. The lowest BCUT2D eigenvalue weighted by atomic mass is 10.0. The molecule has 1 aromatic carbocycles. The maximum absolute atomic E-state index is 6.04. The second-order valence-corrected chi connectivity index (χ2v) is 4.73. The van der Waals surface area contributed by atoms with Crippen molar-refractivity contribution in [2.75, 3.05) is 5.32 Å². The smallest absolute Gasteiger partial charge is 0.0603 e. The first-order valence-electron chi connectivity index (χ1n) is 6.14. The third-order valence-electron chi connectivity index (χ3n) is 3.00. The second kappa shape index (κ2) is 5.87. The molecule has 1 heterocycles. The van der Waals surface area contributed by atoms with Gasteiger partial charge in [-0.3, -0.25) is 4.98 Å². The zero-order valence-corrected chi connectivity index (χ0v) is 11.4. The van der Waals surface area contributed by atoms with Crippen molar-refractivity contribution < 1.29 is 0 Å². The Morgan fingerprint density at radius 2 is 2.11 bits per heavy atom. The number of halogens is 1. The average Bonchev–Trinajstić information content (AvgIpc) is 2.38. The summed E-state index contributed by atoms with van der Waals surface area (Å²) in [6, 6.07) is 12.2. The molecule has 0 amide bonds. The minimum atomic E-state index is 0.256. The van der Waals surface area contributed by atoms with Crippen molar-refractivity contribution in [3.63, 3.8) is 0 Å². The summed E-state index contributed by atoms with van der Waals surface area (Å²) in [5.41, 5.74) is 3.29. The van der Waals surface area contributed by atoms with Crippen molar-refractivity contribution in [3.8, 4) is 0 Å². The van der Waals surface area contributed by atoms with Crippen LogP contribution in [-0.2, 0) is 0 Å². The molecule has 0 fully saturated rings. The van der Waals surface area contributed by atoms with Crippen LogP contribution in [0.3, 0.4) is 0 Å². The minimum Gasteiger partial charge on any atom is -0.377 e. The number of aryl methyl sites for hydroxylation is 1. The Morgan fingerprint density at radius 3 is 2.78 bits per heavy atom. The van der Waals surface area contributed by atoms with Crippen LogP contribution in [0, 0.1) is 6.92 Å². The van der Waals surface area contributed by atoms with Gasteiger partial charge in [0.15, 0.2) is 0 Å². The van der Waals surface area contributed by atoms with E-state index in [4.69, 9.17) is 11.6 Å². The van der Waals surface area contributed by atoms with Crippen LogP contribution in [0.4, 0.5) is 5.69 Å². The van der Waals surface area contributed by atoms with Gasteiger partial charge in [0.25, 0.3) is 0 Å². The first-order valence-corrected chi connectivity index (χ1v) is 6.52. The number of rotatable bonds is 4. The number of hydrogen-bond donors (Lipinski definition) is 1. The van der Waals surface area contributed by atoms with E-state index in [1.807, 2.05) is 31.2 Å². The molecule has 1 atom stereocenters. The number of hydrogen-bond acceptors (Lipinski definition) is 2. The summed E-state index contributed by atoms with van der Waals surface area (Å²) in [4.78, 5) is 4.29. The van der Waals surface area contributed by atoms with E-state index < -0.39 is 0 Å². The van der Waals surface area contributed by atoms with E-state index >= 15 is 0 Å². The van der Waals surface area contributed by atoms with Crippen LogP contribution in [0.15, 0.2) is 42.6 Å². The second-order valence-electron chi connectivity index (χ2n) is 4.30. The van der Waals surface area contributed by atoms with Gasteiger partial charge < -0.3 is 5.32 Å². The van der Waals surface area contributed by atoms with Crippen molar-refractivity contribution in [3.05, 3.63) is 58.9 Å². The molecule has 1 aromatic heterocycles. The first kappa shape index (κ1) is 12.9. The minimum absolute atomic E-state index is 0.256. The molecule has 94 valence electrons. The molecule has 3 heteroatoms. The summed E-state index contributed by atoms with van der Waals surface area (Å²) in [5, 5.41) is 4.29. The molecular formula is C15H17ClN2. The van der Waals surface area contributed by atoms with Crippen LogP contribution in [0.5, 0.6) is 0 Å². The topological polar surface area (TPSA) is 24.9 Å². The van der Waals surface area contributed by atoms with Gasteiger partial charge in [-0.05, 0) is 43.2 Å². The van der Waals surface area contributed by atoms with Gasteiger partial charge in [0.2, 0.25) is 0 Å². The van der Waals surface area contributed by atoms with Crippen molar-refractivity contribution in [1.29, 1.82) is 0 Å². The van der Waals surface area contributed by atoms with Crippen molar-refractivity contribution in [2.24, 2.45) is 0 Å². The Morgan fingerprint density at radius 1 is 1.28 bits per heavy atom. The van der Waals surface area contributed by atoms with Crippen LogP contribution in [0.1, 0.15) is 30.6 Å². The quantitative estimate of drug-likeness (QED) is 0.869. The molecule has 2 rings (SSSR count). The Kier molecular flexibility index (Phi) is 4.21. The zero-order chi connectivity index (χ0) is 13.0. The Bertz CT molecular complexity index is 525. The van der Waals surface area contributed by atoms with Crippen molar-refractivity contribution in [1.82, 2.24) is 4.98 Å². The van der Waals surface area contributed by atoms with E-state index in [1.165, 1.54) is 5.56 Å². The molecule has 18 heavy (non-hydrogen) atoms. The van der Waals surface area contributed by atoms with Crippen molar-refractivity contribution in [2.45, 2.75) is 26.3 Å². The number of benzene rings is 1. The SMILES string of the molecule is CCC(Nc1cccnc1C)c1cccc(Cl)c1. The van der Waals surface area contributed by atoms with Gasteiger partial charge in [0.1, 0.15) is 0 Å². The lowest BCUT2D eigenvalue weighted by Gasteiger charge is -2.20. The Balaban J connectivity index is 2.23. The summed E-state index contributed by atoms with van der Waals surface area (Å²) in [6.07, 6.45) is 2.80. The fourth-order valence-corrected chi connectivity index (χ4v) is 2.17. The number of aromatic nitrogens is 1. The third-order valence-corrected chi connectivity index (χ3v) is 3.23. The predicted molar refractivity (Wildman–Crippen MR) is 77.1 cm³/mol. The summed E-state index contributed by atoms with van der Waals surface area (Å²) in [7, 11) is 0. The van der Waals surface area contributed by atoms with E-state index in [2.05, 4.69) is 29.4 Å². The van der Waals surface area contributed by atoms with Gasteiger partial charge in [-0.15, -0.1) is 0 Å². The molecule has 0 radical (unpaired) electrons. The summed E-state index contributed by atoms with van der Waals surface area (Å²) in [6.45, 7) is 4.16. The van der Waals surface area contributed by atoms with Gasteiger partial charge in [-0.25, -0.2) is 0 Å². The number of nitrogens with one attached hydrogen (secondary N) is 1. The van der Waals surface area contributed by atoms with Gasteiger partial charge in [0.05, 0.1) is 17.4 Å². The van der Waals surface area contributed by atoms with Gasteiger partial charge in [-0.1, -0.05) is 30.7 Å². The molecule has 0 aliphatic carbocycles. The molecule has 1 N–H and O–H groups in total. The van der Waals surface area contributed by atoms with Crippen LogP contribution in [-0.4, -0.2) is 4.98 Å². The van der Waals surface area contributed by atoms with Crippen molar-refractivity contribution >= 4 is 17.3 Å². The van der Waals surface area contributed by atoms with Gasteiger partial charge in [-0.2, -0.15) is 0 Å².